The summed E-state index contributed by atoms with van der Waals surface area (Å²) in [5.74, 6) is -1.98. The van der Waals surface area contributed by atoms with Crippen molar-refractivity contribution < 1.29 is 31.1 Å². The van der Waals surface area contributed by atoms with Crippen LogP contribution in [0.5, 0.6) is 0 Å². The molecule has 0 radical (unpaired) electrons. The average molecular weight is 335 g/mol. The van der Waals surface area contributed by atoms with Crippen LogP contribution in [-0.2, 0) is 6.18 Å². The van der Waals surface area contributed by atoms with Gasteiger partial charge in [-0.05, 0) is 44.2 Å². The van der Waals surface area contributed by atoms with Crippen molar-refractivity contribution in [1.29, 1.82) is 0 Å². The number of rotatable bonds is 2. The van der Waals surface area contributed by atoms with Gasteiger partial charge in [0.15, 0.2) is 0 Å². The van der Waals surface area contributed by atoms with Gasteiger partial charge in [0.1, 0.15) is 0 Å². The maximum atomic E-state index is 12.6. The molecule has 0 saturated carbocycles. The molecular formula is C15H11F6NO. The van der Waals surface area contributed by atoms with Crippen molar-refractivity contribution in [3.05, 3.63) is 52.8 Å². The fourth-order valence-corrected chi connectivity index (χ4v) is 2.34. The second-order valence-corrected chi connectivity index (χ2v) is 4.99. The van der Waals surface area contributed by atoms with E-state index in [4.69, 9.17) is 0 Å². The molecule has 0 saturated heterocycles. The molecule has 2 rings (SSSR count). The first kappa shape index (κ1) is 17.1. The predicted octanol–water partition coefficient (Wildman–Crippen LogP) is 4.86. The zero-order chi connectivity index (χ0) is 17.6. The van der Waals surface area contributed by atoms with Crippen molar-refractivity contribution >= 4 is 5.78 Å². The maximum Gasteiger partial charge on any atom is 0.454 e. The summed E-state index contributed by atoms with van der Waals surface area (Å²) in [4.78, 5) is 11.4. The van der Waals surface area contributed by atoms with Gasteiger partial charge in [-0.3, -0.25) is 4.79 Å². The Labute approximate surface area is 127 Å². The molecule has 2 aromatic rings. The van der Waals surface area contributed by atoms with E-state index >= 15 is 0 Å². The van der Waals surface area contributed by atoms with E-state index in [1.807, 2.05) is 0 Å². The van der Waals surface area contributed by atoms with E-state index in [9.17, 15) is 31.1 Å². The summed E-state index contributed by atoms with van der Waals surface area (Å²) in [7, 11) is 0. The molecule has 0 atom stereocenters. The first-order chi connectivity index (χ1) is 10.4. The quantitative estimate of drug-likeness (QED) is 0.568. The summed E-state index contributed by atoms with van der Waals surface area (Å²) in [6.07, 6.45) is -9.51. The molecule has 23 heavy (non-hydrogen) atoms. The van der Waals surface area contributed by atoms with E-state index in [1.54, 1.807) is 0 Å². The molecular weight excluding hydrogens is 324 g/mol. The van der Waals surface area contributed by atoms with Gasteiger partial charge < -0.3 is 4.57 Å². The first-order valence-electron chi connectivity index (χ1n) is 6.41. The molecule has 1 aromatic heterocycles. The van der Waals surface area contributed by atoms with Crippen LogP contribution in [-0.4, -0.2) is 16.5 Å². The van der Waals surface area contributed by atoms with Gasteiger partial charge in [0, 0.05) is 22.6 Å². The first-order valence-corrected chi connectivity index (χ1v) is 6.41. The number of alkyl halides is 6. The normalized spacial score (nSPS) is 12.5. The summed E-state index contributed by atoms with van der Waals surface area (Å²) in [5, 5.41) is 0. The molecule has 0 bridgehead atoms. The van der Waals surface area contributed by atoms with Gasteiger partial charge in [-0.15, -0.1) is 0 Å². The smallest absolute Gasteiger partial charge is 0.318 e. The summed E-state index contributed by atoms with van der Waals surface area (Å²) in [5.41, 5.74) is -0.807. The molecule has 0 aliphatic rings. The second kappa shape index (κ2) is 5.43. The van der Waals surface area contributed by atoms with Gasteiger partial charge in [0.2, 0.25) is 0 Å². The van der Waals surface area contributed by atoms with E-state index in [0.717, 1.165) is 30.3 Å². The molecule has 0 fully saturated rings. The van der Waals surface area contributed by atoms with Crippen molar-refractivity contribution in [2.75, 3.05) is 0 Å². The van der Waals surface area contributed by atoms with Crippen LogP contribution in [0.3, 0.4) is 0 Å². The fourth-order valence-electron chi connectivity index (χ4n) is 2.34. The van der Waals surface area contributed by atoms with Crippen molar-refractivity contribution in [1.82, 2.24) is 4.57 Å². The van der Waals surface area contributed by atoms with E-state index in [0.29, 0.717) is 5.69 Å². The number of carbonyl (C=O) groups excluding carboxylic acids is 1. The SMILES string of the molecule is Cc1cc(C(=O)C(F)(F)F)c(C)n1-c1ccc(C(F)(F)F)cc1. The Morgan fingerprint density at radius 1 is 0.957 bits per heavy atom. The summed E-state index contributed by atoms with van der Waals surface area (Å²) in [6, 6.07) is 5.02. The third-order valence-electron chi connectivity index (χ3n) is 3.39. The van der Waals surface area contributed by atoms with E-state index in [-0.39, 0.29) is 11.4 Å². The van der Waals surface area contributed by atoms with Gasteiger partial charge in [-0.1, -0.05) is 0 Å². The summed E-state index contributed by atoms with van der Waals surface area (Å²) >= 11 is 0. The van der Waals surface area contributed by atoms with E-state index in [2.05, 4.69) is 0 Å². The standard InChI is InChI=1S/C15H11F6NO/c1-8-7-12(13(23)15(19,20)21)9(2)22(8)11-5-3-10(4-6-11)14(16,17)18/h3-7H,1-2H3. The van der Waals surface area contributed by atoms with Gasteiger partial charge in [-0.25, -0.2) is 0 Å². The van der Waals surface area contributed by atoms with E-state index < -0.39 is 29.3 Å². The van der Waals surface area contributed by atoms with Crippen LogP contribution in [0.4, 0.5) is 26.3 Å². The number of hydrogen-bond acceptors (Lipinski definition) is 1. The minimum absolute atomic E-state index is 0.0181. The molecule has 8 heteroatoms. The van der Waals surface area contributed by atoms with Crippen LogP contribution in [0.1, 0.15) is 27.3 Å². The van der Waals surface area contributed by atoms with Crippen LogP contribution in [0, 0.1) is 13.8 Å². The fraction of sp³-hybridized carbons (Fsp3) is 0.267. The van der Waals surface area contributed by atoms with Crippen LogP contribution < -0.4 is 0 Å². The predicted molar refractivity (Wildman–Crippen MR) is 70.6 cm³/mol. The zero-order valence-corrected chi connectivity index (χ0v) is 12.0. The van der Waals surface area contributed by atoms with Crippen LogP contribution in [0.2, 0.25) is 0 Å². The number of carbonyl (C=O) groups is 1. The monoisotopic (exact) mass is 335 g/mol. The minimum Gasteiger partial charge on any atom is -0.318 e. The van der Waals surface area contributed by atoms with Gasteiger partial charge in [0.05, 0.1) is 5.56 Å². The maximum absolute atomic E-state index is 12.6. The lowest BCUT2D eigenvalue weighted by Crippen LogP contribution is -2.23. The molecule has 0 spiro atoms. The number of aromatic nitrogens is 1. The Hall–Kier alpha value is -2.25. The minimum atomic E-state index is -5.01. The second-order valence-electron chi connectivity index (χ2n) is 4.99. The number of benzene rings is 1. The molecule has 2 nitrogen and oxygen atoms in total. The number of Topliss-reactive ketones (excluding diaryl/α,β-unsaturated/α-hetero) is 1. The van der Waals surface area contributed by atoms with Crippen molar-refractivity contribution in [2.45, 2.75) is 26.2 Å². The number of hydrogen-bond donors (Lipinski definition) is 0. The number of nitrogens with zero attached hydrogens (tertiary/aromatic N) is 1. The van der Waals surface area contributed by atoms with Crippen LogP contribution in [0.15, 0.2) is 30.3 Å². The highest BCUT2D eigenvalue weighted by Crippen LogP contribution is 2.31. The molecule has 0 aliphatic carbocycles. The average Bonchev–Trinajstić information content (AvgIpc) is 2.71. The third kappa shape index (κ3) is 3.25. The number of aryl methyl sites for hydroxylation is 1. The van der Waals surface area contributed by atoms with Crippen LogP contribution >= 0.6 is 0 Å². The molecule has 124 valence electrons. The van der Waals surface area contributed by atoms with E-state index in [1.165, 1.54) is 18.4 Å². The van der Waals surface area contributed by atoms with Crippen molar-refractivity contribution in [2.24, 2.45) is 0 Å². The summed E-state index contributed by atoms with van der Waals surface area (Å²) in [6.45, 7) is 2.78. The molecule has 0 aliphatic heterocycles. The van der Waals surface area contributed by atoms with Crippen LogP contribution in [0.25, 0.3) is 5.69 Å². The third-order valence-corrected chi connectivity index (χ3v) is 3.39. The lowest BCUT2D eigenvalue weighted by atomic mass is 10.1. The lowest BCUT2D eigenvalue weighted by molar-refractivity contribution is -0.137. The Morgan fingerprint density at radius 3 is 1.91 bits per heavy atom. The lowest BCUT2D eigenvalue weighted by Gasteiger charge is -2.12. The Morgan fingerprint density at radius 2 is 1.48 bits per heavy atom. The van der Waals surface area contributed by atoms with Gasteiger partial charge in [-0.2, -0.15) is 26.3 Å². The van der Waals surface area contributed by atoms with Crippen molar-refractivity contribution in [3.8, 4) is 5.69 Å². The molecule has 0 unspecified atom stereocenters. The molecule has 1 heterocycles. The summed E-state index contributed by atoms with van der Waals surface area (Å²) < 4.78 is 76.6. The Balaban J connectivity index is 2.49. The largest absolute Gasteiger partial charge is 0.454 e. The zero-order valence-electron chi connectivity index (χ0n) is 12.0. The molecule has 0 amide bonds. The highest BCUT2D eigenvalue weighted by atomic mass is 19.4. The molecule has 1 aromatic carbocycles. The topological polar surface area (TPSA) is 22.0 Å². The highest BCUT2D eigenvalue weighted by Gasteiger charge is 2.41. The Bertz CT molecular complexity index is 737. The number of halogens is 6. The van der Waals surface area contributed by atoms with Gasteiger partial charge >= 0.3 is 12.4 Å². The number of ketones is 1. The van der Waals surface area contributed by atoms with Crippen molar-refractivity contribution in [3.63, 3.8) is 0 Å². The Kier molecular flexibility index (Phi) is 4.04. The van der Waals surface area contributed by atoms with Gasteiger partial charge in [0.25, 0.3) is 5.78 Å². The highest BCUT2D eigenvalue weighted by molar-refractivity contribution is 6.01. The molecule has 0 N–H and O–H groups in total.